The van der Waals surface area contributed by atoms with Gasteiger partial charge in [-0.25, -0.2) is 0 Å². The van der Waals surface area contributed by atoms with Gasteiger partial charge in [0.25, 0.3) is 0 Å². The first-order valence-electron chi connectivity index (χ1n) is 4.58. The lowest BCUT2D eigenvalue weighted by molar-refractivity contribution is 1.15. The molecule has 1 aromatic carbocycles. The van der Waals surface area contributed by atoms with Gasteiger partial charge >= 0.3 is 0 Å². The average Bonchev–Trinajstić information content (AvgIpc) is 2.11. The molecule has 0 spiro atoms. The molecule has 13 heavy (non-hydrogen) atoms. The van der Waals surface area contributed by atoms with Crippen molar-refractivity contribution in [2.75, 3.05) is 6.54 Å². The van der Waals surface area contributed by atoms with Crippen LogP contribution in [0.3, 0.4) is 0 Å². The Hall–Kier alpha value is -1.08. The van der Waals surface area contributed by atoms with Crippen molar-refractivity contribution in [3.05, 3.63) is 40.5 Å². The van der Waals surface area contributed by atoms with Crippen LogP contribution in [0.4, 0.5) is 0 Å². The molecule has 0 fully saturated rings. The van der Waals surface area contributed by atoms with Crippen LogP contribution in [0, 0.1) is 13.8 Å². The number of rotatable bonds is 2. The van der Waals surface area contributed by atoms with Crippen LogP contribution in [0.5, 0.6) is 0 Å². The molecule has 0 aromatic heterocycles. The molecule has 0 saturated heterocycles. The van der Waals surface area contributed by atoms with Crippen molar-refractivity contribution < 1.29 is 0 Å². The molecular formula is C12H17N. The van der Waals surface area contributed by atoms with E-state index in [9.17, 15) is 0 Å². The molecule has 0 unspecified atom stereocenters. The summed E-state index contributed by atoms with van der Waals surface area (Å²) in [7, 11) is 0. The number of aryl methyl sites for hydroxylation is 2. The van der Waals surface area contributed by atoms with E-state index in [1.165, 1.54) is 22.3 Å². The molecule has 0 saturated carbocycles. The maximum Gasteiger partial charge on any atom is 0.0137 e. The van der Waals surface area contributed by atoms with E-state index >= 15 is 0 Å². The summed E-state index contributed by atoms with van der Waals surface area (Å²) in [6.45, 7) is 6.92. The van der Waals surface area contributed by atoms with E-state index in [-0.39, 0.29) is 0 Å². The van der Waals surface area contributed by atoms with Crippen molar-refractivity contribution >= 4 is 6.08 Å². The Morgan fingerprint density at radius 2 is 2.08 bits per heavy atom. The van der Waals surface area contributed by atoms with Gasteiger partial charge in [0.15, 0.2) is 0 Å². The van der Waals surface area contributed by atoms with Crippen molar-refractivity contribution in [1.82, 2.24) is 0 Å². The molecule has 1 heteroatoms. The van der Waals surface area contributed by atoms with E-state index < -0.39 is 0 Å². The fraction of sp³-hybridized carbons (Fsp3) is 0.333. The smallest absolute Gasteiger partial charge is 0.0137 e. The predicted molar refractivity (Wildman–Crippen MR) is 58.6 cm³/mol. The Labute approximate surface area is 80.3 Å². The van der Waals surface area contributed by atoms with Crippen LogP contribution in [0.25, 0.3) is 6.08 Å². The second kappa shape index (κ2) is 4.24. The summed E-state index contributed by atoms with van der Waals surface area (Å²) in [5.74, 6) is 0. The van der Waals surface area contributed by atoms with E-state index in [4.69, 9.17) is 5.73 Å². The number of hydrogen-bond donors (Lipinski definition) is 1. The summed E-state index contributed by atoms with van der Waals surface area (Å²) in [6, 6.07) is 6.46. The van der Waals surface area contributed by atoms with Gasteiger partial charge in [0.1, 0.15) is 0 Å². The third-order valence-corrected chi connectivity index (χ3v) is 2.16. The third kappa shape index (κ3) is 2.71. The Bertz CT molecular complexity index is 324. The van der Waals surface area contributed by atoms with Crippen LogP contribution in [0.15, 0.2) is 23.8 Å². The lowest BCUT2D eigenvalue weighted by Crippen LogP contribution is -1.99. The molecule has 2 N–H and O–H groups in total. The van der Waals surface area contributed by atoms with E-state index in [2.05, 4.69) is 45.0 Å². The Morgan fingerprint density at radius 1 is 1.38 bits per heavy atom. The fourth-order valence-electron chi connectivity index (χ4n) is 1.24. The maximum absolute atomic E-state index is 5.54. The lowest BCUT2D eigenvalue weighted by atomic mass is 10.0. The first kappa shape index (κ1) is 10.0. The standard InChI is InChI=1S/C12H17N/c1-9-4-5-11(3)12(6-9)7-10(2)8-13/h4-7H,8,13H2,1-3H3. The highest BCUT2D eigenvalue weighted by atomic mass is 14.5. The summed E-state index contributed by atoms with van der Waals surface area (Å²) in [6.07, 6.45) is 2.16. The SMILES string of the molecule is CC(=Cc1cc(C)ccc1C)CN. The molecule has 0 aliphatic heterocycles. The zero-order valence-corrected chi connectivity index (χ0v) is 8.59. The largest absolute Gasteiger partial charge is 0.327 e. The second-order valence-electron chi connectivity index (χ2n) is 3.55. The van der Waals surface area contributed by atoms with Gasteiger partial charge in [-0.1, -0.05) is 35.4 Å². The summed E-state index contributed by atoms with van der Waals surface area (Å²) in [4.78, 5) is 0. The molecule has 1 rings (SSSR count). The Balaban J connectivity index is 3.07. The van der Waals surface area contributed by atoms with Gasteiger partial charge in [-0.3, -0.25) is 0 Å². The molecule has 0 bridgehead atoms. The number of benzene rings is 1. The molecule has 0 heterocycles. The first-order chi connectivity index (χ1) is 6.13. The molecule has 70 valence electrons. The van der Waals surface area contributed by atoms with Gasteiger partial charge in [-0.2, -0.15) is 0 Å². The predicted octanol–water partition coefficient (Wildman–Crippen LogP) is 2.67. The van der Waals surface area contributed by atoms with Crippen LogP contribution >= 0.6 is 0 Å². The van der Waals surface area contributed by atoms with E-state index in [0.717, 1.165) is 0 Å². The van der Waals surface area contributed by atoms with Crippen molar-refractivity contribution in [2.45, 2.75) is 20.8 Å². The van der Waals surface area contributed by atoms with Gasteiger partial charge in [0.05, 0.1) is 0 Å². The van der Waals surface area contributed by atoms with Gasteiger partial charge in [-0.05, 0) is 31.9 Å². The molecule has 1 aromatic rings. The molecule has 0 atom stereocenters. The third-order valence-electron chi connectivity index (χ3n) is 2.16. The normalized spacial score (nSPS) is 11.8. The summed E-state index contributed by atoms with van der Waals surface area (Å²) < 4.78 is 0. The first-order valence-corrected chi connectivity index (χ1v) is 4.58. The molecule has 1 nitrogen and oxygen atoms in total. The average molecular weight is 175 g/mol. The molecule has 0 aliphatic rings. The van der Waals surface area contributed by atoms with E-state index in [1.54, 1.807) is 0 Å². The highest BCUT2D eigenvalue weighted by Gasteiger charge is 1.95. The maximum atomic E-state index is 5.54. The Morgan fingerprint density at radius 3 is 2.69 bits per heavy atom. The van der Waals surface area contributed by atoms with E-state index in [1.807, 2.05) is 0 Å². The minimum absolute atomic E-state index is 0.632. The van der Waals surface area contributed by atoms with Crippen molar-refractivity contribution in [3.8, 4) is 0 Å². The van der Waals surface area contributed by atoms with Gasteiger partial charge < -0.3 is 5.73 Å². The fourth-order valence-corrected chi connectivity index (χ4v) is 1.24. The quantitative estimate of drug-likeness (QED) is 0.734. The van der Waals surface area contributed by atoms with E-state index in [0.29, 0.717) is 6.54 Å². The zero-order valence-electron chi connectivity index (χ0n) is 8.59. The van der Waals surface area contributed by atoms with Crippen molar-refractivity contribution in [2.24, 2.45) is 5.73 Å². The monoisotopic (exact) mass is 175 g/mol. The van der Waals surface area contributed by atoms with Crippen LogP contribution in [-0.4, -0.2) is 6.54 Å². The van der Waals surface area contributed by atoms with Crippen molar-refractivity contribution in [3.63, 3.8) is 0 Å². The minimum atomic E-state index is 0.632. The van der Waals surface area contributed by atoms with Crippen LogP contribution in [0.1, 0.15) is 23.6 Å². The van der Waals surface area contributed by atoms with Crippen LogP contribution in [0.2, 0.25) is 0 Å². The molecule has 0 amide bonds. The van der Waals surface area contributed by atoms with Gasteiger partial charge in [-0.15, -0.1) is 0 Å². The number of hydrogen-bond acceptors (Lipinski definition) is 1. The van der Waals surface area contributed by atoms with Crippen molar-refractivity contribution in [1.29, 1.82) is 0 Å². The zero-order chi connectivity index (χ0) is 9.84. The highest BCUT2D eigenvalue weighted by molar-refractivity contribution is 5.57. The highest BCUT2D eigenvalue weighted by Crippen LogP contribution is 2.13. The van der Waals surface area contributed by atoms with Gasteiger partial charge in [0, 0.05) is 6.54 Å². The summed E-state index contributed by atoms with van der Waals surface area (Å²) in [5, 5.41) is 0. The number of nitrogens with two attached hydrogens (primary N) is 1. The molecular weight excluding hydrogens is 158 g/mol. The summed E-state index contributed by atoms with van der Waals surface area (Å²) >= 11 is 0. The minimum Gasteiger partial charge on any atom is -0.327 e. The lowest BCUT2D eigenvalue weighted by Gasteiger charge is -2.03. The molecule has 0 radical (unpaired) electrons. The van der Waals surface area contributed by atoms with Gasteiger partial charge in [0.2, 0.25) is 0 Å². The van der Waals surface area contributed by atoms with Crippen LogP contribution < -0.4 is 5.73 Å². The Kier molecular flexibility index (Phi) is 3.26. The summed E-state index contributed by atoms with van der Waals surface area (Å²) in [5.41, 5.74) is 10.6. The van der Waals surface area contributed by atoms with Crippen LogP contribution in [-0.2, 0) is 0 Å². The molecule has 0 aliphatic carbocycles. The second-order valence-corrected chi connectivity index (χ2v) is 3.55. The topological polar surface area (TPSA) is 26.0 Å².